The van der Waals surface area contributed by atoms with Crippen LogP contribution in [-0.2, 0) is 6.61 Å². The Morgan fingerprint density at radius 1 is 1.14 bits per heavy atom. The SMILES string of the molecule is CNc1ccc2c(OCc3ccc(OC)cc3)nccn12. The quantitative estimate of drug-likeness (QED) is 0.782. The van der Waals surface area contributed by atoms with Crippen molar-refractivity contribution in [3.63, 3.8) is 0 Å². The van der Waals surface area contributed by atoms with E-state index in [2.05, 4.69) is 10.3 Å². The number of hydrogen-bond acceptors (Lipinski definition) is 4. The van der Waals surface area contributed by atoms with Crippen molar-refractivity contribution in [3.8, 4) is 11.6 Å². The van der Waals surface area contributed by atoms with Gasteiger partial charge in [0.2, 0.25) is 5.88 Å². The molecule has 1 N–H and O–H groups in total. The van der Waals surface area contributed by atoms with E-state index in [1.54, 1.807) is 13.3 Å². The molecular formula is C16H17N3O2. The minimum absolute atomic E-state index is 0.469. The molecule has 0 spiro atoms. The van der Waals surface area contributed by atoms with Crippen LogP contribution >= 0.6 is 0 Å². The largest absolute Gasteiger partial charge is 0.497 e. The molecule has 0 saturated heterocycles. The van der Waals surface area contributed by atoms with Crippen LogP contribution in [0.25, 0.3) is 5.52 Å². The molecule has 0 aliphatic rings. The van der Waals surface area contributed by atoms with Crippen LogP contribution < -0.4 is 14.8 Å². The molecule has 5 heteroatoms. The van der Waals surface area contributed by atoms with Gasteiger partial charge in [0.25, 0.3) is 0 Å². The van der Waals surface area contributed by atoms with E-state index in [0.29, 0.717) is 12.5 Å². The Hall–Kier alpha value is -2.69. The van der Waals surface area contributed by atoms with Gasteiger partial charge >= 0.3 is 0 Å². The number of nitrogens with one attached hydrogen (secondary N) is 1. The summed E-state index contributed by atoms with van der Waals surface area (Å²) in [5.74, 6) is 2.46. The first-order valence-electron chi connectivity index (χ1n) is 6.71. The average molecular weight is 283 g/mol. The summed E-state index contributed by atoms with van der Waals surface area (Å²) in [7, 11) is 3.54. The third-order valence-corrected chi connectivity index (χ3v) is 3.34. The molecule has 0 fully saturated rings. The van der Waals surface area contributed by atoms with E-state index in [1.807, 2.05) is 54.0 Å². The highest BCUT2D eigenvalue weighted by atomic mass is 16.5. The van der Waals surface area contributed by atoms with Gasteiger partial charge in [0.05, 0.1) is 7.11 Å². The first-order valence-corrected chi connectivity index (χ1v) is 6.71. The van der Waals surface area contributed by atoms with Crippen LogP contribution in [0, 0.1) is 0 Å². The van der Waals surface area contributed by atoms with Crippen LogP contribution in [0.4, 0.5) is 5.82 Å². The summed E-state index contributed by atoms with van der Waals surface area (Å²) in [4.78, 5) is 4.31. The van der Waals surface area contributed by atoms with Crippen LogP contribution in [0.3, 0.4) is 0 Å². The van der Waals surface area contributed by atoms with Gasteiger partial charge in [-0.3, -0.25) is 4.40 Å². The summed E-state index contributed by atoms with van der Waals surface area (Å²) in [5.41, 5.74) is 2.01. The molecule has 0 aliphatic heterocycles. The van der Waals surface area contributed by atoms with Crippen LogP contribution in [-0.4, -0.2) is 23.5 Å². The molecular weight excluding hydrogens is 266 g/mol. The van der Waals surface area contributed by atoms with Gasteiger partial charge in [0, 0.05) is 19.4 Å². The van der Waals surface area contributed by atoms with Gasteiger partial charge in [-0.05, 0) is 29.8 Å². The molecule has 2 aromatic heterocycles. The average Bonchev–Trinajstić information content (AvgIpc) is 2.97. The molecule has 0 radical (unpaired) electrons. The Morgan fingerprint density at radius 2 is 1.95 bits per heavy atom. The Kier molecular flexibility index (Phi) is 3.64. The second kappa shape index (κ2) is 5.75. The molecule has 3 rings (SSSR count). The molecule has 0 saturated carbocycles. The molecule has 21 heavy (non-hydrogen) atoms. The van der Waals surface area contributed by atoms with E-state index in [1.165, 1.54) is 0 Å². The predicted molar refractivity (Wildman–Crippen MR) is 82.1 cm³/mol. The Morgan fingerprint density at radius 3 is 2.67 bits per heavy atom. The molecule has 0 aliphatic carbocycles. The Bertz CT molecular complexity index is 735. The van der Waals surface area contributed by atoms with Crippen LogP contribution in [0.2, 0.25) is 0 Å². The number of anilines is 1. The van der Waals surface area contributed by atoms with Crippen LogP contribution in [0.5, 0.6) is 11.6 Å². The van der Waals surface area contributed by atoms with Gasteiger partial charge in [0.1, 0.15) is 23.7 Å². The monoisotopic (exact) mass is 283 g/mol. The third kappa shape index (κ3) is 2.63. The van der Waals surface area contributed by atoms with Crippen molar-refractivity contribution in [3.05, 3.63) is 54.4 Å². The summed E-state index contributed by atoms with van der Waals surface area (Å²) in [5, 5.41) is 3.13. The zero-order valence-corrected chi connectivity index (χ0v) is 12.0. The predicted octanol–water partition coefficient (Wildman–Crippen LogP) is 2.96. The number of methoxy groups -OCH3 is 1. The van der Waals surface area contributed by atoms with E-state index in [4.69, 9.17) is 9.47 Å². The topological polar surface area (TPSA) is 47.8 Å². The third-order valence-electron chi connectivity index (χ3n) is 3.34. The molecule has 0 atom stereocenters. The van der Waals surface area contributed by atoms with Gasteiger partial charge < -0.3 is 14.8 Å². The van der Waals surface area contributed by atoms with Gasteiger partial charge in [-0.2, -0.15) is 0 Å². The van der Waals surface area contributed by atoms with Crippen LogP contribution in [0.15, 0.2) is 48.8 Å². The number of rotatable bonds is 5. The standard InChI is InChI=1S/C16H17N3O2/c1-17-15-8-7-14-16(18-9-10-19(14)15)21-11-12-3-5-13(20-2)6-4-12/h3-10,17H,11H2,1-2H3. The fraction of sp³-hybridized carbons (Fsp3) is 0.188. The van der Waals surface area contributed by atoms with Crippen molar-refractivity contribution < 1.29 is 9.47 Å². The first-order chi connectivity index (χ1) is 10.3. The van der Waals surface area contributed by atoms with Crippen molar-refractivity contribution in [2.24, 2.45) is 0 Å². The van der Waals surface area contributed by atoms with Crippen molar-refractivity contribution in [1.82, 2.24) is 9.38 Å². The second-order valence-corrected chi connectivity index (χ2v) is 4.59. The number of hydrogen-bond donors (Lipinski definition) is 1. The summed E-state index contributed by atoms with van der Waals surface area (Å²) < 4.78 is 13.0. The number of fused-ring (bicyclic) bond motifs is 1. The van der Waals surface area contributed by atoms with Crippen molar-refractivity contribution in [2.45, 2.75) is 6.61 Å². The lowest BCUT2D eigenvalue weighted by atomic mass is 10.2. The lowest BCUT2D eigenvalue weighted by molar-refractivity contribution is 0.296. The molecule has 1 aromatic carbocycles. The highest BCUT2D eigenvalue weighted by Crippen LogP contribution is 2.23. The van der Waals surface area contributed by atoms with Gasteiger partial charge in [-0.25, -0.2) is 4.98 Å². The van der Waals surface area contributed by atoms with Crippen molar-refractivity contribution >= 4 is 11.3 Å². The highest BCUT2D eigenvalue weighted by molar-refractivity contribution is 5.63. The van der Waals surface area contributed by atoms with E-state index < -0.39 is 0 Å². The van der Waals surface area contributed by atoms with E-state index in [-0.39, 0.29) is 0 Å². The second-order valence-electron chi connectivity index (χ2n) is 4.59. The molecule has 5 nitrogen and oxygen atoms in total. The molecule has 0 unspecified atom stereocenters. The Labute approximate surface area is 123 Å². The minimum Gasteiger partial charge on any atom is -0.497 e. The van der Waals surface area contributed by atoms with E-state index in [0.717, 1.165) is 22.6 Å². The molecule has 0 bridgehead atoms. The Balaban J connectivity index is 1.79. The molecule has 3 aromatic rings. The fourth-order valence-corrected chi connectivity index (χ4v) is 2.21. The maximum Gasteiger partial charge on any atom is 0.238 e. The highest BCUT2D eigenvalue weighted by Gasteiger charge is 2.07. The first kappa shape index (κ1) is 13.3. The van der Waals surface area contributed by atoms with Gasteiger partial charge in [-0.1, -0.05) is 12.1 Å². The molecule has 2 heterocycles. The normalized spacial score (nSPS) is 10.6. The maximum absolute atomic E-state index is 5.84. The maximum atomic E-state index is 5.84. The fourth-order valence-electron chi connectivity index (χ4n) is 2.21. The lowest BCUT2D eigenvalue weighted by Gasteiger charge is -2.08. The van der Waals surface area contributed by atoms with Gasteiger partial charge in [-0.15, -0.1) is 0 Å². The number of aromatic nitrogens is 2. The summed E-state index contributed by atoms with van der Waals surface area (Å²) in [6, 6.07) is 11.8. The smallest absolute Gasteiger partial charge is 0.238 e. The molecule has 108 valence electrons. The van der Waals surface area contributed by atoms with Crippen LogP contribution in [0.1, 0.15) is 5.56 Å². The van der Waals surface area contributed by atoms with Gasteiger partial charge in [0.15, 0.2) is 0 Å². The van der Waals surface area contributed by atoms with E-state index >= 15 is 0 Å². The number of ether oxygens (including phenoxy) is 2. The lowest BCUT2D eigenvalue weighted by Crippen LogP contribution is -2.00. The summed E-state index contributed by atoms with van der Waals surface area (Å²) in [6.45, 7) is 0.469. The number of benzene rings is 1. The van der Waals surface area contributed by atoms with E-state index in [9.17, 15) is 0 Å². The molecule has 0 amide bonds. The van der Waals surface area contributed by atoms with Crippen molar-refractivity contribution in [2.75, 3.05) is 19.5 Å². The summed E-state index contributed by atoms with van der Waals surface area (Å²) >= 11 is 0. The zero-order chi connectivity index (χ0) is 14.7. The van der Waals surface area contributed by atoms with Crippen molar-refractivity contribution in [1.29, 1.82) is 0 Å². The minimum atomic E-state index is 0.469. The summed E-state index contributed by atoms with van der Waals surface area (Å²) in [6.07, 6.45) is 3.64. The zero-order valence-electron chi connectivity index (χ0n) is 12.0. The number of nitrogens with zero attached hydrogens (tertiary/aromatic N) is 2.